The molecule has 1 aliphatic rings. The van der Waals surface area contributed by atoms with E-state index in [9.17, 15) is 0 Å². The van der Waals surface area contributed by atoms with Crippen LogP contribution in [0.5, 0.6) is 0 Å². The number of nitrogens with one attached hydrogen (secondary N) is 2. The summed E-state index contributed by atoms with van der Waals surface area (Å²) in [6.45, 7) is 9.89. The SMILES string of the molecule is CN=C(NCC1CCCN(C)C1)NC(C)(C)C. The van der Waals surface area contributed by atoms with Gasteiger partial charge in [-0.15, -0.1) is 0 Å². The average Bonchev–Trinajstić information content (AvgIpc) is 2.23. The molecule has 1 rings (SSSR count). The van der Waals surface area contributed by atoms with E-state index in [1.807, 2.05) is 7.05 Å². The molecular formula is C13H28N4. The lowest BCUT2D eigenvalue weighted by atomic mass is 9.98. The third kappa shape index (κ3) is 5.91. The molecule has 1 aliphatic heterocycles. The first-order chi connectivity index (χ1) is 7.90. The Hall–Kier alpha value is -0.770. The van der Waals surface area contributed by atoms with Crippen LogP contribution in [-0.4, -0.2) is 50.1 Å². The van der Waals surface area contributed by atoms with Crippen LogP contribution in [0.15, 0.2) is 4.99 Å². The van der Waals surface area contributed by atoms with Crippen LogP contribution >= 0.6 is 0 Å². The summed E-state index contributed by atoms with van der Waals surface area (Å²) in [6, 6.07) is 0. The second kappa shape index (κ2) is 6.24. The summed E-state index contributed by atoms with van der Waals surface area (Å²) in [6.07, 6.45) is 2.64. The van der Waals surface area contributed by atoms with E-state index in [1.54, 1.807) is 0 Å². The van der Waals surface area contributed by atoms with Gasteiger partial charge >= 0.3 is 0 Å². The van der Waals surface area contributed by atoms with Gasteiger partial charge in [0.05, 0.1) is 0 Å². The molecule has 0 amide bonds. The van der Waals surface area contributed by atoms with E-state index < -0.39 is 0 Å². The highest BCUT2D eigenvalue weighted by molar-refractivity contribution is 5.80. The van der Waals surface area contributed by atoms with Crippen LogP contribution in [0, 0.1) is 5.92 Å². The van der Waals surface area contributed by atoms with Crippen LogP contribution < -0.4 is 10.6 Å². The molecule has 0 saturated carbocycles. The summed E-state index contributed by atoms with van der Waals surface area (Å²) in [5.74, 6) is 1.65. The number of nitrogens with zero attached hydrogens (tertiary/aromatic N) is 2. The normalized spacial score (nSPS) is 23.6. The summed E-state index contributed by atoms with van der Waals surface area (Å²) in [5, 5.41) is 6.81. The van der Waals surface area contributed by atoms with Crippen molar-refractivity contribution in [3.8, 4) is 0 Å². The van der Waals surface area contributed by atoms with Crippen molar-refractivity contribution in [3.05, 3.63) is 0 Å². The Labute approximate surface area is 106 Å². The van der Waals surface area contributed by atoms with Crippen LogP contribution in [0.3, 0.4) is 0 Å². The third-order valence-corrected chi connectivity index (χ3v) is 3.00. The minimum atomic E-state index is 0.0607. The molecule has 0 aliphatic carbocycles. The molecular weight excluding hydrogens is 212 g/mol. The van der Waals surface area contributed by atoms with Gasteiger partial charge in [-0.2, -0.15) is 0 Å². The zero-order valence-corrected chi connectivity index (χ0v) is 12.0. The van der Waals surface area contributed by atoms with Crippen molar-refractivity contribution in [2.75, 3.05) is 33.7 Å². The number of likely N-dealkylation sites (tertiary alicyclic amines) is 1. The van der Waals surface area contributed by atoms with Gasteiger partial charge in [0, 0.05) is 25.7 Å². The van der Waals surface area contributed by atoms with Gasteiger partial charge in [0.1, 0.15) is 0 Å². The maximum Gasteiger partial charge on any atom is 0.191 e. The lowest BCUT2D eigenvalue weighted by Crippen LogP contribution is -2.49. The second-order valence-electron chi connectivity index (χ2n) is 6.10. The van der Waals surface area contributed by atoms with E-state index in [1.165, 1.54) is 25.9 Å². The molecule has 17 heavy (non-hydrogen) atoms. The maximum atomic E-state index is 4.26. The molecule has 0 spiro atoms. The summed E-state index contributed by atoms with van der Waals surface area (Å²) >= 11 is 0. The minimum Gasteiger partial charge on any atom is -0.356 e. The zero-order chi connectivity index (χ0) is 12.9. The van der Waals surface area contributed by atoms with Gasteiger partial charge < -0.3 is 15.5 Å². The Kier molecular flexibility index (Phi) is 5.25. The zero-order valence-electron chi connectivity index (χ0n) is 12.0. The number of rotatable bonds is 2. The molecule has 100 valence electrons. The maximum absolute atomic E-state index is 4.26. The Morgan fingerprint density at radius 2 is 2.12 bits per heavy atom. The fraction of sp³-hybridized carbons (Fsp3) is 0.923. The molecule has 2 N–H and O–H groups in total. The van der Waals surface area contributed by atoms with Gasteiger partial charge in [0.25, 0.3) is 0 Å². The van der Waals surface area contributed by atoms with Crippen LogP contribution in [0.4, 0.5) is 0 Å². The minimum absolute atomic E-state index is 0.0607. The highest BCUT2D eigenvalue weighted by atomic mass is 15.2. The van der Waals surface area contributed by atoms with Gasteiger partial charge in [0.15, 0.2) is 5.96 Å². The molecule has 1 saturated heterocycles. The molecule has 4 nitrogen and oxygen atoms in total. The molecule has 0 bridgehead atoms. The fourth-order valence-corrected chi connectivity index (χ4v) is 2.22. The fourth-order valence-electron chi connectivity index (χ4n) is 2.22. The summed E-state index contributed by atoms with van der Waals surface area (Å²) in [5.41, 5.74) is 0.0607. The predicted molar refractivity (Wildman–Crippen MR) is 74.5 cm³/mol. The van der Waals surface area contributed by atoms with Crippen LogP contribution in [-0.2, 0) is 0 Å². The monoisotopic (exact) mass is 240 g/mol. The van der Waals surface area contributed by atoms with Gasteiger partial charge in [0.2, 0.25) is 0 Å². The van der Waals surface area contributed by atoms with E-state index in [-0.39, 0.29) is 5.54 Å². The molecule has 1 unspecified atom stereocenters. The van der Waals surface area contributed by atoms with Crippen molar-refractivity contribution in [1.82, 2.24) is 15.5 Å². The molecule has 1 atom stereocenters. The van der Waals surface area contributed by atoms with Crippen molar-refractivity contribution in [1.29, 1.82) is 0 Å². The highest BCUT2D eigenvalue weighted by Crippen LogP contribution is 2.13. The predicted octanol–water partition coefficient (Wildman–Crippen LogP) is 1.29. The van der Waals surface area contributed by atoms with Crippen LogP contribution in [0.25, 0.3) is 0 Å². The Bertz CT molecular complexity index is 255. The van der Waals surface area contributed by atoms with Gasteiger partial charge in [-0.1, -0.05) is 0 Å². The lowest BCUT2D eigenvalue weighted by molar-refractivity contribution is 0.210. The van der Waals surface area contributed by atoms with Crippen molar-refractivity contribution in [3.63, 3.8) is 0 Å². The number of piperidine rings is 1. The molecule has 0 radical (unpaired) electrons. The molecule has 0 aromatic rings. The molecule has 1 fully saturated rings. The van der Waals surface area contributed by atoms with Crippen LogP contribution in [0.2, 0.25) is 0 Å². The van der Waals surface area contributed by atoms with Crippen molar-refractivity contribution >= 4 is 5.96 Å². The van der Waals surface area contributed by atoms with Crippen molar-refractivity contribution < 1.29 is 0 Å². The smallest absolute Gasteiger partial charge is 0.191 e. The Morgan fingerprint density at radius 1 is 1.41 bits per heavy atom. The number of aliphatic imine (C=N–C) groups is 1. The first kappa shape index (κ1) is 14.3. The quantitative estimate of drug-likeness (QED) is 0.564. The number of guanidine groups is 1. The third-order valence-electron chi connectivity index (χ3n) is 3.00. The summed E-state index contributed by atoms with van der Waals surface area (Å²) < 4.78 is 0. The molecule has 1 heterocycles. The van der Waals surface area contributed by atoms with Gasteiger partial charge in [-0.3, -0.25) is 4.99 Å². The second-order valence-corrected chi connectivity index (χ2v) is 6.10. The van der Waals surface area contributed by atoms with E-state index in [0.29, 0.717) is 0 Å². The lowest BCUT2D eigenvalue weighted by Gasteiger charge is -2.31. The van der Waals surface area contributed by atoms with Crippen molar-refractivity contribution in [2.45, 2.75) is 39.2 Å². The Balaban J connectivity index is 2.33. The highest BCUT2D eigenvalue weighted by Gasteiger charge is 2.18. The largest absolute Gasteiger partial charge is 0.356 e. The van der Waals surface area contributed by atoms with E-state index >= 15 is 0 Å². The number of hydrogen-bond acceptors (Lipinski definition) is 2. The molecule has 0 aromatic heterocycles. The summed E-state index contributed by atoms with van der Waals surface area (Å²) in [4.78, 5) is 6.67. The first-order valence-corrected chi connectivity index (χ1v) is 6.58. The topological polar surface area (TPSA) is 39.7 Å². The van der Waals surface area contributed by atoms with E-state index in [4.69, 9.17) is 0 Å². The van der Waals surface area contributed by atoms with Gasteiger partial charge in [-0.05, 0) is 53.1 Å². The molecule has 0 aromatic carbocycles. The van der Waals surface area contributed by atoms with E-state index in [0.717, 1.165) is 18.4 Å². The Morgan fingerprint density at radius 3 is 2.65 bits per heavy atom. The summed E-state index contributed by atoms with van der Waals surface area (Å²) in [7, 11) is 4.03. The average molecular weight is 240 g/mol. The standard InChI is InChI=1S/C13H28N4/c1-13(2,3)16-12(14-4)15-9-11-7-6-8-17(5)10-11/h11H,6-10H2,1-5H3,(H2,14,15,16). The van der Waals surface area contributed by atoms with E-state index in [2.05, 4.69) is 48.3 Å². The molecule has 4 heteroatoms. The van der Waals surface area contributed by atoms with Crippen LogP contribution in [0.1, 0.15) is 33.6 Å². The van der Waals surface area contributed by atoms with Crippen molar-refractivity contribution in [2.24, 2.45) is 10.9 Å². The van der Waals surface area contributed by atoms with Gasteiger partial charge in [-0.25, -0.2) is 0 Å². The number of hydrogen-bond donors (Lipinski definition) is 2. The first-order valence-electron chi connectivity index (χ1n) is 6.58.